The van der Waals surface area contributed by atoms with E-state index in [1.807, 2.05) is 26.8 Å². The van der Waals surface area contributed by atoms with Crippen molar-refractivity contribution >= 4 is 0 Å². The van der Waals surface area contributed by atoms with Gasteiger partial charge < -0.3 is 10.5 Å². The van der Waals surface area contributed by atoms with Crippen LogP contribution in [0.2, 0.25) is 0 Å². The van der Waals surface area contributed by atoms with Crippen LogP contribution in [0.5, 0.6) is 0 Å². The van der Waals surface area contributed by atoms with Crippen LogP contribution in [0.3, 0.4) is 0 Å². The van der Waals surface area contributed by atoms with E-state index in [2.05, 4.69) is 17.5 Å². The average molecular weight is 216 g/mol. The first kappa shape index (κ1) is 10.7. The van der Waals surface area contributed by atoms with Crippen molar-refractivity contribution in [3.05, 3.63) is 58.3 Å². The Morgan fingerprint density at radius 2 is 1.81 bits per heavy atom. The first-order valence-corrected chi connectivity index (χ1v) is 5.40. The Bertz CT molecular complexity index is 457. The molecule has 3 nitrogen and oxygen atoms in total. The second-order valence-electron chi connectivity index (χ2n) is 4.22. The van der Waals surface area contributed by atoms with Gasteiger partial charge in [0, 0.05) is 35.9 Å². The summed E-state index contributed by atoms with van der Waals surface area (Å²) in [5, 5.41) is 14.8. The quantitative estimate of drug-likeness (QED) is 0.577. The third-order valence-electron chi connectivity index (χ3n) is 2.86. The second-order valence-corrected chi connectivity index (χ2v) is 4.22. The van der Waals surface area contributed by atoms with Crippen molar-refractivity contribution in [1.29, 1.82) is 0 Å². The molecule has 1 aliphatic heterocycles. The Kier molecular flexibility index (Phi) is 2.69. The van der Waals surface area contributed by atoms with Gasteiger partial charge in [0.1, 0.15) is 0 Å². The summed E-state index contributed by atoms with van der Waals surface area (Å²) in [7, 11) is 0. The van der Waals surface area contributed by atoms with Crippen molar-refractivity contribution in [3.8, 4) is 0 Å². The van der Waals surface area contributed by atoms with Crippen LogP contribution in [0.25, 0.3) is 0 Å². The van der Waals surface area contributed by atoms with Gasteiger partial charge in [-0.05, 0) is 19.9 Å². The van der Waals surface area contributed by atoms with E-state index in [-0.39, 0.29) is 5.92 Å². The SMILES string of the molecule is CC1=CC(c2ccc[n+]([O-])c2C)C=C(C)N1. The second kappa shape index (κ2) is 4.00. The maximum atomic E-state index is 11.5. The van der Waals surface area contributed by atoms with Gasteiger partial charge in [0.2, 0.25) is 0 Å². The maximum Gasteiger partial charge on any atom is 0.193 e. The van der Waals surface area contributed by atoms with E-state index in [0.29, 0.717) is 0 Å². The zero-order valence-corrected chi connectivity index (χ0v) is 9.82. The van der Waals surface area contributed by atoms with E-state index in [1.165, 1.54) is 6.20 Å². The number of allylic oxidation sites excluding steroid dienone is 4. The third kappa shape index (κ3) is 1.94. The molecule has 1 aromatic heterocycles. The number of aromatic nitrogens is 1. The summed E-state index contributed by atoms with van der Waals surface area (Å²) >= 11 is 0. The maximum absolute atomic E-state index is 11.5. The Morgan fingerprint density at radius 1 is 1.19 bits per heavy atom. The van der Waals surface area contributed by atoms with Crippen molar-refractivity contribution < 1.29 is 4.73 Å². The van der Waals surface area contributed by atoms with Crippen LogP contribution < -0.4 is 10.0 Å². The fraction of sp³-hybridized carbons (Fsp3) is 0.308. The van der Waals surface area contributed by atoms with Crippen LogP contribution in [0.15, 0.2) is 41.9 Å². The van der Waals surface area contributed by atoms with Crippen LogP contribution in [0, 0.1) is 12.1 Å². The summed E-state index contributed by atoms with van der Waals surface area (Å²) in [5.74, 6) is 0.197. The minimum atomic E-state index is 0.197. The summed E-state index contributed by atoms with van der Waals surface area (Å²) in [5.41, 5.74) is 4.09. The van der Waals surface area contributed by atoms with Crippen molar-refractivity contribution in [2.45, 2.75) is 26.7 Å². The number of nitrogens with one attached hydrogen (secondary N) is 1. The number of hydrogen-bond acceptors (Lipinski definition) is 2. The lowest BCUT2D eigenvalue weighted by atomic mass is 9.94. The van der Waals surface area contributed by atoms with Gasteiger partial charge >= 0.3 is 0 Å². The Balaban J connectivity index is 2.44. The molecule has 16 heavy (non-hydrogen) atoms. The molecule has 3 heteroatoms. The summed E-state index contributed by atoms with van der Waals surface area (Å²) in [6.45, 7) is 5.93. The molecule has 1 N–H and O–H groups in total. The van der Waals surface area contributed by atoms with Crippen molar-refractivity contribution in [2.75, 3.05) is 0 Å². The molecular formula is C13H16N2O. The highest BCUT2D eigenvalue weighted by molar-refractivity contribution is 5.35. The average Bonchev–Trinajstić information content (AvgIpc) is 2.20. The topological polar surface area (TPSA) is 39.0 Å². The van der Waals surface area contributed by atoms with Gasteiger partial charge in [-0.3, -0.25) is 0 Å². The number of dihydropyridines is 1. The lowest BCUT2D eigenvalue weighted by Gasteiger charge is -2.19. The smallest absolute Gasteiger partial charge is 0.193 e. The van der Waals surface area contributed by atoms with Gasteiger partial charge in [-0.1, -0.05) is 12.2 Å². The van der Waals surface area contributed by atoms with Gasteiger partial charge in [0.15, 0.2) is 11.9 Å². The van der Waals surface area contributed by atoms with Gasteiger partial charge in [-0.25, -0.2) is 0 Å². The van der Waals surface area contributed by atoms with Crippen LogP contribution in [-0.2, 0) is 0 Å². The van der Waals surface area contributed by atoms with E-state index in [9.17, 15) is 5.21 Å². The molecular weight excluding hydrogens is 200 g/mol. The van der Waals surface area contributed by atoms with E-state index < -0.39 is 0 Å². The standard InChI is InChI=1S/C13H16N2O/c1-9-7-12(8-10(2)14-9)13-5-4-6-15(16)11(13)3/h4-8,12,14H,1-3H3. The van der Waals surface area contributed by atoms with Crippen LogP contribution in [-0.4, -0.2) is 0 Å². The molecule has 0 aliphatic carbocycles. The van der Waals surface area contributed by atoms with Gasteiger partial charge in [0.25, 0.3) is 0 Å². The van der Waals surface area contributed by atoms with E-state index in [0.717, 1.165) is 27.4 Å². The van der Waals surface area contributed by atoms with E-state index >= 15 is 0 Å². The molecule has 0 aromatic carbocycles. The molecule has 0 spiro atoms. The lowest BCUT2D eigenvalue weighted by molar-refractivity contribution is -0.612. The molecule has 0 amide bonds. The zero-order chi connectivity index (χ0) is 11.7. The van der Waals surface area contributed by atoms with Crippen LogP contribution >= 0.6 is 0 Å². The molecule has 1 aromatic rings. The molecule has 2 rings (SSSR count). The van der Waals surface area contributed by atoms with Crippen molar-refractivity contribution in [2.24, 2.45) is 0 Å². The molecule has 84 valence electrons. The first-order valence-electron chi connectivity index (χ1n) is 5.40. The summed E-state index contributed by atoms with van der Waals surface area (Å²) < 4.78 is 0.920. The fourth-order valence-electron chi connectivity index (χ4n) is 2.10. The Labute approximate surface area is 95.7 Å². The molecule has 0 saturated carbocycles. The highest BCUT2D eigenvalue weighted by Gasteiger charge is 2.17. The van der Waals surface area contributed by atoms with Crippen molar-refractivity contribution in [3.63, 3.8) is 0 Å². The molecule has 2 heterocycles. The number of pyridine rings is 1. The van der Waals surface area contributed by atoms with Gasteiger partial charge in [0.05, 0.1) is 0 Å². The third-order valence-corrected chi connectivity index (χ3v) is 2.86. The number of hydrogen-bond donors (Lipinski definition) is 1. The number of nitrogens with zero attached hydrogens (tertiary/aromatic N) is 1. The molecule has 0 fully saturated rings. The van der Waals surface area contributed by atoms with Crippen molar-refractivity contribution in [1.82, 2.24) is 5.32 Å². The highest BCUT2D eigenvalue weighted by atomic mass is 16.5. The van der Waals surface area contributed by atoms with E-state index in [1.54, 1.807) is 6.07 Å². The summed E-state index contributed by atoms with van der Waals surface area (Å²) in [4.78, 5) is 0. The fourth-order valence-corrected chi connectivity index (χ4v) is 2.10. The monoisotopic (exact) mass is 216 g/mol. The predicted molar refractivity (Wildman–Crippen MR) is 63.5 cm³/mol. The Hall–Kier alpha value is -1.77. The molecule has 0 saturated heterocycles. The minimum Gasteiger partial charge on any atom is -0.619 e. The molecule has 0 unspecified atom stereocenters. The van der Waals surface area contributed by atoms with Crippen LogP contribution in [0.4, 0.5) is 0 Å². The van der Waals surface area contributed by atoms with Crippen LogP contribution in [0.1, 0.15) is 31.0 Å². The highest BCUT2D eigenvalue weighted by Crippen LogP contribution is 2.25. The molecule has 0 atom stereocenters. The molecule has 0 bridgehead atoms. The predicted octanol–water partition coefficient (Wildman–Crippen LogP) is 2.12. The normalized spacial score (nSPS) is 16.4. The minimum absolute atomic E-state index is 0.197. The largest absolute Gasteiger partial charge is 0.619 e. The lowest BCUT2D eigenvalue weighted by Crippen LogP contribution is -2.31. The Morgan fingerprint density at radius 3 is 2.44 bits per heavy atom. The number of rotatable bonds is 1. The zero-order valence-electron chi connectivity index (χ0n) is 9.82. The van der Waals surface area contributed by atoms with E-state index in [4.69, 9.17) is 0 Å². The van der Waals surface area contributed by atoms with Gasteiger partial charge in [-0.2, -0.15) is 4.73 Å². The van der Waals surface area contributed by atoms with Gasteiger partial charge in [-0.15, -0.1) is 0 Å². The summed E-state index contributed by atoms with van der Waals surface area (Å²) in [6.07, 6.45) is 5.80. The first-order chi connectivity index (χ1) is 7.58. The summed E-state index contributed by atoms with van der Waals surface area (Å²) in [6, 6.07) is 3.80. The molecule has 1 aliphatic rings. The molecule has 0 radical (unpaired) electrons.